The summed E-state index contributed by atoms with van der Waals surface area (Å²) in [6, 6.07) is 0. The summed E-state index contributed by atoms with van der Waals surface area (Å²) in [5, 5.41) is 14.7. The maximum atomic E-state index is 12.4. The summed E-state index contributed by atoms with van der Waals surface area (Å²) >= 11 is 0. The van der Waals surface area contributed by atoms with Crippen LogP contribution in [0, 0.1) is 17.8 Å². The highest BCUT2D eigenvalue weighted by atomic mass is 31.3. The van der Waals surface area contributed by atoms with Crippen LogP contribution in [-0.4, -0.2) is 77.3 Å². The summed E-state index contributed by atoms with van der Waals surface area (Å²) < 4.78 is 52.0. The van der Waals surface area contributed by atoms with E-state index >= 15 is 0 Å². The van der Waals surface area contributed by atoms with E-state index in [1.807, 2.05) is 5.32 Å². The Kier molecular flexibility index (Phi) is 10.6. The van der Waals surface area contributed by atoms with Crippen LogP contribution in [-0.2, 0) is 46.0 Å². The molecular formula is C19H24N5O16P3. The van der Waals surface area contributed by atoms with Crippen molar-refractivity contribution >= 4 is 47.0 Å². The van der Waals surface area contributed by atoms with Crippen LogP contribution < -0.4 is 22.1 Å². The third kappa shape index (κ3) is 9.71. The van der Waals surface area contributed by atoms with Crippen LogP contribution >= 0.6 is 23.5 Å². The van der Waals surface area contributed by atoms with Gasteiger partial charge in [-0.2, -0.15) is 13.6 Å². The standard InChI is InChI=1S/C19H24N5O16P3/c1-9(11-5-14(26)22-18(11)28)17(27)21-4-2-3-10-7-24(19(29)23-16(10)20)15-6-12(25)13(38-15)8-37-42(33,34)40-43(35,36)39-41(30,31)32/h5,7,9,12-13,15,25H,4,6,8H2,1H3,(H,21,27)(H,33,34)(H,35,36)(H2,20,23,29)(H,22,26,28)(H2,30,31,32)/t9?,12-,13+,15+/m0/s1. The Hall–Kier alpha value is -3.08. The van der Waals surface area contributed by atoms with Crippen LogP contribution in [0.4, 0.5) is 5.82 Å². The Labute approximate surface area is 240 Å². The molecule has 0 bridgehead atoms. The molecule has 21 nitrogen and oxygen atoms in total. The normalized spacial score (nSPS) is 23.8. The quantitative estimate of drug-likeness (QED) is 0.0685. The molecule has 0 aliphatic carbocycles. The first kappa shape index (κ1) is 34.4. The summed E-state index contributed by atoms with van der Waals surface area (Å²) in [7, 11) is -16.8. The van der Waals surface area contributed by atoms with Crippen molar-refractivity contribution in [3.8, 4) is 11.8 Å². The zero-order valence-corrected chi connectivity index (χ0v) is 24.3. The lowest BCUT2D eigenvalue weighted by Gasteiger charge is -2.19. The predicted molar refractivity (Wildman–Crippen MR) is 138 cm³/mol. The van der Waals surface area contributed by atoms with Gasteiger partial charge in [0.15, 0.2) is 0 Å². The smallest absolute Gasteiger partial charge is 0.390 e. The minimum absolute atomic E-state index is 0.000163. The van der Waals surface area contributed by atoms with Gasteiger partial charge in [-0.3, -0.25) is 28.8 Å². The average Bonchev–Trinajstić information content (AvgIpc) is 3.39. The molecule has 3 unspecified atom stereocenters. The molecule has 3 amide bonds. The van der Waals surface area contributed by atoms with Gasteiger partial charge in [-0.15, -0.1) is 0 Å². The van der Waals surface area contributed by atoms with Crippen molar-refractivity contribution in [1.29, 1.82) is 0 Å². The number of nitrogens with zero attached hydrogens (tertiary/aromatic N) is 2. The fourth-order valence-electron chi connectivity index (χ4n) is 3.60. The minimum atomic E-state index is -5.76. The molecule has 0 radical (unpaired) electrons. The monoisotopic (exact) mass is 671 g/mol. The van der Waals surface area contributed by atoms with Gasteiger partial charge in [0, 0.05) is 24.3 Å². The third-order valence-electron chi connectivity index (χ3n) is 5.53. The van der Waals surface area contributed by atoms with Gasteiger partial charge in [0.25, 0.3) is 11.8 Å². The average molecular weight is 671 g/mol. The number of aliphatic hydroxyl groups is 1. The van der Waals surface area contributed by atoms with Gasteiger partial charge in [-0.1, -0.05) is 11.8 Å². The van der Waals surface area contributed by atoms with Gasteiger partial charge in [0.1, 0.15) is 18.1 Å². The first-order valence-corrected chi connectivity index (χ1v) is 16.1. The summed E-state index contributed by atoms with van der Waals surface area (Å²) in [5.74, 6) is 2.00. The second-order valence-corrected chi connectivity index (χ2v) is 13.1. The summed E-state index contributed by atoms with van der Waals surface area (Å²) in [5.41, 5.74) is 4.79. The Morgan fingerprint density at radius 3 is 2.51 bits per heavy atom. The second kappa shape index (κ2) is 13.3. The van der Waals surface area contributed by atoms with Crippen molar-refractivity contribution < 1.29 is 70.6 Å². The lowest BCUT2D eigenvalue weighted by Crippen LogP contribution is -2.33. The Morgan fingerprint density at radius 2 is 1.91 bits per heavy atom. The molecule has 236 valence electrons. The number of carbonyl (C=O) groups is 3. The zero-order chi connectivity index (χ0) is 32.3. The van der Waals surface area contributed by atoms with Crippen LogP contribution in [0.25, 0.3) is 0 Å². The molecule has 0 saturated carbocycles. The number of imide groups is 1. The van der Waals surface area contributed by atoms with Crippen LogP contribution in [0.5, 0.6) is 0 Å². The number of rotatable bonds is 11. The molecule has 3 heterocycles. The topological polar surface area (TPSA) is 325 Å². The predicted octanol–water partition coefficient (Wildman–Crippen LogP) is -2.50. The highest BCUT2D eigenvalue weighted by Crippen LogP contribution is 2.66. The number of phosphoric ester groups is 1. The molecule has 9 N–H and O–H groups in total. The number of aliphatic hydroxyl groups excluding tert-OH is 1. The molecule has 1 aromatic heterocycles. The van der Waals surface area contributed by atoms with E-state index in [0.717, 1.165) is 16.8 Å². The molecule has 2 aliphatic rings. The van der Waals surface area contributed by atoms with Crippen molar-refractivity contribution in [2.24, 2.45) is 5.92 Å². The highest BCUT2D eigenvalue weighted by molar-refractivity contribution is 7.66. The molecule has 1 saturated heterocycles. The van der Waals surface area contributed by atoms with E-state index in [1.54, 1.807) is 0 Å². The number of carbonyl (C=O) groups excluding carboxylic acids is 3. The van der Waals surface area contributed by atoms with Gasteiger partial charge in [-0.25, -0.2) is 18.5 Å². The number of aromatic nitrogens is 2. The first-order chi connectivity index (χ1) is 19.8. The fourth-order valence-corrected chi connectivity index (χ4v) is 6.63. The summed E-state index contributed by atoms with van der Waals surface area (Å²) in [6.45, 7) is 0.221. The van der Waals surface area contributed by atoms with E-state index in [0.29, 0.717) is 0 Å². The third-order valence-corrected chi connectivity index (χ3v) is 9.34. The number of nitrogens with one attached hydrogen (secondary N) is 2. The zero-order valence-electron chi connectivity index (χ0n) is 21.6. The van der Waals surface area contributed by atoms with Crippen molar-refractivity contribution in [1.82, 2.24) is 20.2 Å². The van der Waals surface area contributed by atoms with Crippen LogP contribution in [0.1, 0.15) is 25.1 Å². The molecule has 24 heteroatoms. The van der Waals surface area contributed by atoms with Gasteiger partial charge < -0.3 is 40.5 Å². The Bertz CT molecular complexity index is 1610. The largest absolute Gasteiger partial charge is 0.490 e. The first-order valence-electron chi connectivity index (χ1n) is 11.6. The molecule has 0 spiro atoms. The Morgan fingerprint density at radius 1 is 1.23 bits per heavy atom. The molecular weight excluding hydrogens is 647 g/mol. The Balaban J connectivity index is 1.62. The van der Waals surface area contributed by atoms with E-state index in [2.05, 4.69) is 35.3 Å². The van der Waals surface area contributed by atoms with Crippen LogP contribution in [0.3, 0.4) is 0 Å². The van der Waals surface area contributed by atoms with Gasteiger partial charge in [0.05, 0.1) is 30.7 Å². The van der Waals surface area contributed by atoms with Crippen LogP contribution in [0.2, 0.25) is 0 Å². The van der Waals surface area contributed by atoms with E-state index in [1.165, 1.54) is 6.92 Å². The number of hydrogen-bond donors (Lipinski definition) is 8. The molecule has 2 aliphatic heterocycles. The van der Waals surface area contributed by atoms with Crippen LogP contribution in [0.15, 0.2) is 22.6 Å². The second-order valence-electron chi connectivity index (χ2n) is 8.71. The number of phosphoric acid groups is 3. The number of ether oxygens (including phenoxy) is 1. The van der Waals surface area contributed by atoms with Crippen molar-refractivity contribution in [2.45, 2.75) is 31.8 Å². The molecule has 3 rings (SSSR count). The van der Waals surface area contributed by atoms with Gasteiger partial charge >= 0.3 is 29.2 Å². The van der Waals surface area contributed by atoms with Crippen molar-refractivity contribution in [2.75, 3.05) is 18.9 Å². The van der Waals surface area contributed by atoms with Crippen molar-refractivity contribution in [3.63, 3.8) is 0 Å². The lowest BCUT2D eigenvalue weighted by atomic mass is 10.0. The molecule has 1 fully saturated rings. The maximum absolute atomic E-state index is 12.4. The lowest BCUT2D eigenvalue weighted by molar-refractivity contribution is -0.127. The van der Waals surface area contributed by atoms with Crippen molar-refractivity contribution in [3.05, 3.63) is 33.9 Å². The number of nitrogen functional groups attached to an aromatic ring is 1. The molecule has 6 atom stereocenters. The number of anilines is 1. The highest BCUT2D eigenvalue weighted by Gasteiger charge is 2.43. The van der Waals surface area contributed by atoms with E-state index in [4.69, 9.17) is 20.3 Å². The van der Waals surface area contributed by atoms with Gasteiger partial charge in [0.2, 0.25) is 5.91 Å². The summed E-state index contributed by atoms with van der Waals surface area (Å²) in [6.07, 6.45) is -2.23. The number of amides is 3. The van der Waals surface area contributed by atoms with E-state index in [-0.39, 0.29) is 29.9 Å². The molecule has 43 heavy (non-hydrogen) atoms. The summed E-state index contributed by atoms with van der Waals surface area (Å²) in [4.78, 5) is 87.2. The molecule has 1 aromatic rings. The fraction of sp³-hybridized carbons (Fsp3) is 0.421. The van der Waals surface area contributed by atoms with E-state index in [9.17, 15) is 47.8 Å². The molecule has 0 aromatic carbocycles. The number of nitrogens with two attached hydrogens (primary N) is 1. The maximum Gasteiger partial charge on any atom is 0.490 e. The van der Waals surface area contributed by atoms with E-state index < -0.39 is 77.8 Å². The van der Waals surface area contributed by atoms with Gasteiger partial charge in [-0.05, 0) is 6.92 Å². The SMILES string of the molecule is CC(C(=O)NCC#Cc1cn([C@H]2C[C@H](O)[C@@H](COP(=O)(O)OP(=O)(O)OP(=O)(O)O)O2)c(=O)nc1N)C1=CC(=O)NC1=O. The number of hydrogen-bond acceptors (Lipinski definition) is 14. The minimum Gasteiger partial charge on any atom is -0.390 e.